The molecule has 1 aromatic heterocycles. The third-order valence-electron chi connectivity index (χ3n) is 5.28. The standard InChI is InChI=1S/C27H34N2O9/c1-31-10-12-33-18-36-22-15-25(35-17-20-6-4-3-5-7-20)23(26(16-22)37-19-34-13-11-32-2)9-8-21-14-24(27(28)30)29-38-21/h3-7,14-16H,8-13,17-19H2,1-2H3,(H2,28,30). The van der Waals surface area contributed by atoms with Crippen LogP contribution in [0.5, 0.6) is 17.2 Å². The molecule has 11 nitrogen and oxygen atoms in total. The van der Waals surface area contributed by atoms with Gasteiger partial charge in [-0.3, -0.25) is 4.79 Å². The third kappa shape index (κ3) is 9.67. The highest BCUT2D eigenvalue weighted by Crippen LogP contribution is 2.36. The normalized spacial score (nSPS) is 10.9. The number of rotatable bonds is 19. The van der Waals surface area contributed by atoms with Crippen molar-refractivity contribution in [3.05, 3.63) is 71.1 Å². The van der Waals surface area contributed by atoms with Gasteiger partial charge in [0.1, 0.15) is 29.6 Å². The molecule has 0 aliphatic rings. The molecule has 0 aliphatic carbocycles. The molecule has 2 aromatic carbocycles. The maximum Gasteiger partial charge on any atom is 0.270 e. The van der Waals surface area contributed by atoms with Crippen molar-refractivity contribution in [2.24, 2.45) is 5.73 Å². The van der Waals surface area contributed by atoms with E-state index < -0.39 is 5.91 Å². The van der Waals surface area contributed by atoms with Crippen LogP contribution in [0.15, 0.2) is 53.1 Å². The number of hydrogen-bond acceptors (Lipinski definition) is 10. The quantitative estimate of drug-likeness (QED) is 0.182. The Kier molecular flexibility index (Phi) is 12.4. The number of primary amides is 1. The first-order chi connectivity index (χ1) is 18.6. The van der Waals surface area contributed by atoms with Gasteiger partial charge in [0.05, 0.1) is 26.4 Å². The van der Waals surface area contributed by atoms with E-state index in [4.69, 9.17) is 43.4 Å². The monoisotopic (exact) mass is 530 g/mol. The maximum absolute atomic E-state index is 11.4. The summed E-state index contributed by atoms with van der Waals surface area (Å²) in [6, 6.07) is 14.8. The predicted octanol–water partition coefficient (Wildman–Crippen LogP) is 3.14. The Labute approximate surface area is 221 Å². The van der Waals surface area contributed by atoms with Crippen molar-refractivity contribution in [3.8, 4) is 17.2 Å². The summed E-state index contributed by atoms with van der Waals surface area (Å²) in [5.41, 5.74) is 7.13. The molecule has 0 radical (unpaired) electrons. The summed E-state index contributed by atoms with van der Waals surface area (Å²) in [4.78, 5) is 11.4. The first kappa shape index (κ1) is 28.9. The van der Waals surface area contributed by atoms with Gasteiger partial charge in [-0.25, -0.2) is 0 Å². The van der Waals surface area contributed by atoms with Gasteiger partial charge in [0.25, 0.3) is 5.91 Å². The van der Waals surface area contributed by atoms with Crippen LogP contribution in [0.1, 0.15) is 27.4 Å². The number of carbonyl (C=O) groups excluding carboxylic acids is 1. The zero-order valence-electron chi connectivity index (χ0n) is 21.7. The highest BCUT2D eigenvalue weighted by atomic mass is 16.7. The molecule has 1 heterocycles. The van der Waals surface area contributed by atoms with E-state index in [2.05, 4.69) is 5.16 Å². The van der Waals surface area contributed by atoms with Crippen molar-refractivity contribution in [2.75, 3.05) is 54.2 Å². The van der Waals surface area contributed by atoms with Crippen LogP contribution in [0.25, 0.3) is 0 Å². The second-order valence-corrected chi connectivity index (χ2v) is 8.04. The molecular formula is C27H34N2O9. The van der Waals surface area contributed by atoms with E-state index in [1.165, 1.54) is 6.07 Å². The minimum atomic E-state index is -0.654. The first-order valence-electron chi connectivity index (χ1n) is 12.1. The van der Waals surface area contributed by atoms with Crippen molar-refractivity contribution in [1.82, 2.24) is 5.16 Å². The van der Waals surface area contributed by atoms with Crippen LogP contribution in [0, 0.1) is 0 Å². The molecule has 3 rings (SSSR count). The fraction of sp³-hybridized carbons (Fsp3) is 0.407. The molecule has 0 spiro atoms. The molecule has 0 fully saturated rings. The fourth-order valence-corrected chi connectivity index (χ4v) is 3.33. The molecular weight excluding hydrogens is 496 g/mol. The molecule has 11 heteroatoms. The highest BCUT2D eigenvalue weighted by Gasteiger charge is 2.18. The Morgan fingerprint density at radius 1 is 0.842 bits per heavy atom. The first-order valence-corrected chi connectivity index (χ1v) is 12.1. The minimum absolute atomic E-state index is 0.00356. The zero-order valence-corrected chi connectivity index (χ0v) is 21.7. The van der Waals surface area contributed by atoms with Gasteiger partial charge in [-0.15, -0.1) is 0 Å². The number of amides is 1. The van der Waals surface area contributed by atoms with Gasteiger partial charge in [-0.2, -0.15) is 0 Å². The van der Waals surface area contributed by atoms with E-state index in [-0.39, 0.29) is 19.3 Å². The average molecular weight is 531 g/mol. The second kappa shape index (κ2) is 16.3. The molecule has 206 valence electrons. The van der Waals surface area contributed by atoms with Crippen molar-refractivity contribution in [2.45, 2.75) is 19.4 Å². The van der Waals surface area contributed by atoms with Crippen LogP contribution in [0.2, 0.25) is 0 Å². The van der Waals surface area contributed by atoms with E-state index in [1.807, 2.05) is 30.3 Å². The Morgan fingerprint density at radius 2 is 1.50 bits per heavy atom. The third-order valence-corrected chi connectivity index (χ3v) is 5.28. The Hall–Kier alpha value is -3.64. The number of aryl methyl sites for hydroxylation is 1. The lowest BCUT2D eigenvalue weighted by Crippen LogP contribution is -2.11. The molecule has 3 aromatic rings. The summed E-state index contributed by atoms with van der Waals surface area (Å²) >= 11 is 0. The van der Waals surface area contributed by atoms with E-state index in [0.717, 1.165) is 11.1 Å². The van der Waals surface area contributed by atoms with E-state index >= 15 is 0 Å². The molecule has 0 atom stereocenters. The molecule has 0 bridgehead atoms. The molecule has 0 saturated carbocycles. The molecule has 1 amide bonds. The number of benzene rings is 2. The van der Waals surface area contributed by atoms with E-state index in [0.29, 0.717) is 68.9 Å². The van der Waals surface area contributed by atoms with Crippen LogP contribution in [0.3, 0.4) is 0 Å². The Balaban J connectivity index is 1.83. The lowest BCUT2D eigenvalue weighted by molar-refractivity contribution is -0.0121. The van der Waals surface area contributed by atoms with Crippen LogP contribution in [0.4, 0.5) is 0 Å². The summed E-state index contributed by atoms with van der Waals surface area (Å²) in [5.74, 6) is 1.41. The van der Waals surface area contributed by atoms with Crippen LogP contribution >= 0.6 is 0 Å². The van der Waals surface area contributed by atoms with Crippen molar-refractivity contribution >= 4 is 5.91 Å². The van der Waals surface area contributed by atoms with E-state index in [1.54, 1.807) is 26.4 Å². The lowest BCUT2D eigenvalue weighted by atomic mass is 10.1. The number of nitrogens with two attached hydrogens (primary N) is 1. The van der Waals surface area contributed by atoms with Gasteiger partial charge in [-0.05, 0) is 12.0 Å². The predicted molar refractivity (Wildman–Crippen MR) is 136 cm³/mol. The second-order valence-electron chi connectivity index (χ2n) is 8.04. The molecule has 38 heavy (non-hydrogen) atoms. The van der Waals surface area contributed by atoms with Gasteiger partial charge in [0.2, 0.25) is 0 Å². The largest absolute Gasteiger partial charge is 0.488 e. The van der Waals surface area contributed by atoms with Gasteiger partial charge < -0.3 is 43.4 Å². The van der Waals surface area contributed by atoms with Crippen molar-refractivity contribution < 1.29 is 42.5 Å². The topological polar surface area (TPSA) is 134 Å². The zero-order chi connectivity index (χ0) is 27.0. The van der Waals surface area contributed by atoms with Gasteiger partial charge in [0.15, 0.2) is 19.3 Å². The van der Waals surface area contributed by atoms with Crippen LogP contribution < -0.4 is 19.9 Å². The van der Waals surface area contributed by atoms with Gasteiger partial charge in [0, 0.05) is 44.4 Å². The van der Waals surface area contributed by atoms with Gasteiger partial charge in [-0.1, -0.05) is 35.5 Å². The summed E-state index contributed by atoms with van der Waals surface area (Å²) in [5, 5.41) is 3.71. The lowest BCUT2D eigenvalue weighted by Gasteiger charge is -2.19. The van der Waals surface area contributed by atoms with Crippen LogP contribution in [-0.2, 0) is 38.4 Å². The maximum atomic E-state index is 11.4. The minimum Gasteiger partial charge on any atom is -0.488 e. The SMILES string of the molecule is COCCOCOc1cc(OCOCCOC)c(CCc2cc(C(N)=O)no2)c(OCc2ccccc2)c1. The number of aromatic nitrogens is 1. The highest BCUT2D eigenvalue weighted by molar-refractivity contribution is 5.90. The van der Waals surface area contributed by atoms with Crippen molar-refractivity contribution in [1.29, 1.82) is 0 Å². The summed E-state index contributed by atoms with van der Waals surface area (Å²) < 4.78 is 44.2. The van der Waals surface area contributed by atoms with Crippen LogP contribution in [-0.4, -0.2) is 65.3 Å². The Bertz CT molecular complexity index is 1110. The summed E-state index contributed by atoms with van der Waals surface area (Å²) in [6.45, 7) is 2.03. The van der Waals surface area contributed by atoms with Gasteiger partial charge >= 0.3 is 0 Å². The fourth-order valence-electron chi connectivity index (χ4n) is 3.33. The molecule has 0 saturated heterocycles. The number of nitrogens with zero attached hydrogens (tertiary/aromatic N) is 1. The number of methoxy groups -OCH3 is 2. The number of hydrogen-bond donors (Lipinski definition) is 1. The summed E-state index contributed by atoms with van der Waals surface area (Å²) in [7, 11) is 3.20. The average Bonchev–Trinajstić information content (AvgIpc) is 3.41. The smallest absolute Gasteiger partial charge is 0.270 e. The molecule has 0 aliphatic heterocycles. The molecule has 0 unspecified atom stereocenters. The number of carbonyl (C=O) groups is 1. The van der Waals surface area contributed by atoms with Crippen molar-refractivity contribution in [3.63, 3.8) is 0 Å². The molecule has 2 N–H and O–H groups in total. The Morgan fingerprint density at radius 3 is 2.13 bits per heavy atom. The number of ether oxygens (including phenoxy) is 7. The summed E-state index contributed by atoms with van der Waals surface area (Å²) in [6.07, 6.45) is 0.874. The van der Waals surface area contributed by atoms with E-state index in [9.17, 15) is 4.79 Å².